The van der Waals surface area contributed by atoms with Gasteiger partial charge in [-0.15, -0.1) is 0 Å². The number of nitrogens with zero attached hydrogens (tertiary/aromatic N) is 1. The van der Waals surface area contributed by atoms with Crippen LogP contribution in [0.25, 0.3) is 0 Å². The molecule has 1 rings (SSSR count). The summed E-state index contributed by atoms with van der Waals surface area (Å²) < 4.78 is 1.33. The normalized spacial score (nSPS) is 8.12. The maximum atomic E-state index is 5.72. The first-order valence-electron chi connectivity index (χ1n) is 2.38. The van der Waals surface area contributed by atoms with Crippen molar-refractivity contribution in [2.75, 3.05) is 0 Å². The minimum atomic E-state index is -1.11. The third kappa shape index (κ3) is 1.71. The van der Waals surface area contributed by atoms with E-state index in [0.717, 1.165) is 0 Å². The summed E-state index contributed by atoms with van der Waals surface area (Å²) >= 11 is -1.11. The molecule has 0 spiro atoms. The van der Waals surface area contributed by atoms with E-state index in [1.807, 2.05) is 12.1 Å². The summed E-state index contributed by atoms with van der Waals surface area (Å²) in [5.41, 5.74) is 0. The van der Waals surface area contributed by atoms with E-state index in [1.165, 1.54) is 3.07 Å². The van der Waals surface area contributed by atoms with Gasteiger partial charge in [0.15, 0.2) is 0 Å². The Balaban J connectivity index is 2.83. The summed E-state index contributed by atoms with van der Waals surface area (Å²) in [5, 5.41) is 0. The van der Waals surface area contributed by atoms with Crippen LogP contribution in [0.5, 0.6) is 0 Å². The molecule has 0 atom stereocenters. The zero-order valence-electron chi connectivity index (χ0n) is 4.34. The van der Waals surface area contributed by atoms with E-state index in [2.05, 4.69) is 4.98 Å². The standard InChI is InChI=1S/C5H4N.ClH.Hg/c1-2-4-6-5-3-1;;/h2-5H;1H;/q;;+1/p-1. The van der Waals surface area contributed by atoms with Crippen molar-refractivity contribution in [1.29, 1.82) is 0 Å². The predicted octanol–water partition coefficient (Wildman–Crippen LogP) is 0.943. The molecule has 0 aliphatic heterocycles. The molecule has 1 nitrogen and oxygen atoms in total. The average Bonchev–Trinajstić information content (AvgIpc) is 1.90. The fraction of sp³-hybridized carbons (Fsp3) is 0. The SMILES string of the molecule is [Cl][Hg][c]1ccncc1. The summed E-state index contributed by atoms with van der Waals surface area (Å²) in [6.45, 7) is 0. The summed E-state index contributed by atoms with van der Waals surface area (Å²) in [7, 11) is 5.72. The minimum absolute atomic E-state index is 1.11. The first-order valence-corrected chi connectivity index (χ1v) is 11.9. The second-order valence-corrected chi connectivity index (χ2v) is 8.05. The van der Waals surface area contributed by atoms with E-state index >= 15 is 0 Å². The van der Waals surface area contributed by atoms with Gasteiger partial charge in [-0.2, -0.15) is 0 Å². The number of hydrogen-bond donors (Lipinski definition) is 0. The van der Waals surface area contributed by atoms with Crippen molar-refractivity contribution in [3.05, 3.63) is 24.5 Å². The molecule has 0 saturated carbocycles. The Hall–Kier alpha value is 0.375. The van der Waals surface area contributed by atoms with Gasteiger partial charge in [-0.05, 0) is 0 Å². The molecule has 38 valence electrons. The molecule has 0 aromatic carbocycles. The van der Waals surface area contributed by atoms with Crippen LogP contribution in [-0.4, -0.2) is 4.98 Å². The third-order valence-electron chi connectivity index (χ3n) is 0.904. The van der Waals surface area contributed by atoms with Crippen molar-refractivity contribution in [3.63, 3.8) is 0 Å². The van der Waals surface area contributed by atoms with Gasteiger partial charge in [-0.3, -0.25) is 0 Å². The van der Waals surface area contributed by atoms with Crippen LogP contribution in [0, 0.1) is 0 Å². The molecule has 8 heavy (non-hydrogen) atoms. The van der Waals surface area contributed by atoms with E-state index in [4.69, 9.17) is 8.25 Å². The molecule has 0 saturated heterocycles. The zero-order chi connectivity index (χ0) is 5.82. The van der Waals surface area contributed by atoms with Crippen LogP contribution in [0.2, 0.25) is 0 Å². The Morgan fingerprint density at radius 1 is 1.38 bits per heavy atom. The summed E-state index contributed by atoms with van der Waals surface area (Å²) in [4.78, 5) is 3.87. The summed E-state index contributed by atoms with van der Waals surface area (Å²) in [6.07, 6.45) is 3.58. The number of aromatic nitrogens is 1. The van der Waals surface area contributed by atoms with Crippen LogP contribution in [0.1, 0.15) is 0 Å². The van der Waals surface area contributed by atoms with Crippen molar-refractivity contribution in [2.45, 2.75) is 0 Å². The Labute approximate surface area is 64.0 Å². The maximum absolute atomic E-state index is 5.72. The second kappa shape index (κ2) is 3.41. The van der Waals surface area contributed by atoms with E-state index < -0.39 is 23.3 Å². The number of halogens is 1. The first kappa shape index (κ1) is 6.49. The van der Waals surface area contributed by atoms with Gasteiger partial charge in [-0.25, -0.2) is 0 Å². The topological polar surface area (TPSA) is 12.9 Å². The van der Waals surface area contributed by atoms with E-state index in [-0.39, 0.29) is 0 Å². The molecule has 0 aliphatic carbocycles. The Morgan fingerprint density at radius 3 is 2.38 bits per heavy atom. The second-order valence-electron chi connectivity index (χ2n) is 1.49. The van der Waals surface area contributed by atoms with Gasteiger partial charge in [0, 0.05) is 0 Å². The van der Waals surface area contributed by atoms with Crippen molar-refractivity contribution in [1.82, 2.24) is 4.98 Å². The molecular weight excluding hydrogens is 310 g/mol. The molecule has 3 heteroatoms. The first-order chi connectivity index (χ1) is 3.93. The zero-order valence-corrected chi connectivity index (χ0v) is 10.6. The van der Waals surface area contributed by atoms with Crippen molar-refractivity contribution < 1.29 is 23.3 Å². The molecule has 1 aromatic heterocycles. The van der Waals surface area contributed by atoms with E-state index in [9.17, 15) is 0 Å². The Bertz CT molecular complexity index is 154. The number of pyridine rings is 1. The number of hydrogen-bond acceptors (Lipinski definition) is 1. The summed E-state index contributed by atoms with van der Waals surface area (Å²) in [6, 6.07) is 3.99. The molecule has 0 unspecified atom stereocenters. The van der Waals surface area contributed by atoms with E-state index in [1.54, 1.807) is 12.4 Å². The fourth-order valence-corrected chi connectivity index (χ4v) is 3.55. The average molecular weight is 314 g/mol. The Morgan fingerprint density at radius 2 is 2.00 bits per heavy atom. The molecule has 0 fully saturated rings. The van der Waals surface area contributed by atoms with Crippen molar-refractivity contribution in [2.24, 2.45) is 0 Å². The van der Waals surface area contributed by atoms with Crippen LogP contribution in [0.4, 0.5) is 0 Å². The quantitative estimate of drug-likeness (QED) is 0.703. The molecule has 1 heterocycles. The molecular formula is C5H4ClHgN. The predicted molar refractivity (Wildman–Crippen MR) is 29.7 cm³/mol. The third-order valence-corrected chi connectivity index (χ3v) is 6.64. The monoisotopic (exact) mass is 315 g/mol. The summed E-state index contributed by atoms with van der Waals surface area (Å²) in [5.74, 6) is 0. The fourth-order valence-electron chi connectivity index (χ4n) is 0.472. The van der Waals surface area contributed by atoms with Gasteiger partial charge in [0.1, 0.15) is 0 Å². The van der Waals surface area contributed by atoms with Gasteiger partial charge in [0.2, 0.25) is 0 Å². The van der Waals surface area contributed by atoms with Crippen molar-refractivity contribution >= 4 is 11.3 Å². The van der Waals surface area contributed by atoms with Gasteiger partial charge >= 0.3 is 64.2 Å². The number of rotatable bonds is 1. The van der Waals surface area contributed by atoms with Crippen LogP contribution < -0.4 is 3.07 Å². The van der Waals surface area contributed by atoms with Crippen LogP contribution in [-0.2, 0) is 23.3 Å². The molecule has 1 aromatic rings. The van der Waals surface area contributed by atoms with Gasteiger partial charge < -0.3 is 0 Å². The molecule has 0 N–H and O–H groups in total. The Kier molecular flexibility index (Phi) is 2.77. The van der Waals surface area contributed by atoms with Gasteiger partial charge in [0.05, 0.1) is 0 Å². The van der Waals surface area contributed by atoms with Gasteiger partial charge in [0.25, 0.3) is 0 Å². The van der Waals surface area contributed by atoms with Gasteiger partial charge in [-0.1, -0.05) is 0 Å². The van der Waals surface area contributed by atoms with Crippen LogP contribution in [0.15, 0.2) is 24.5 Å². The molecule has 0 amide bonds. The molecule has 0 aliphatic rings. The molecule has 0 bridgehead atoms. The van der Waals surface area contributed by atoms with Crippen LogP contribution >= 0.6 is 8.25 Å². The van der Waals surface area contributed by atoms with Crippen LogP contribution in [0.3, 0.4) is 0 Å². The van der Waals surface area contributed by atoms with E-state index in [0.29, 0.717) is 0 Å². The van der Waals surface area contributed by atoms with Crippen molar-refractivity contribution in [3.8, 4) is 0 Å². The molecule has 0 radical (unpaired) electrons.